The molecule has 23 heteroatoms. The first kappa shape index (κ1) is 64.2. The summed E-state index contributed by atoms with van der Waals surface area (Å²) in [6.45, 7) is 5.48. The number of amides is 2. The minimum Gasteiger partial charge on any atom is -0.508 e. The van der Waals surface area contributed by atoms with Crippen LogP contribution in [-0.2, 0) is 52.4 Å². The Hall–Kier alpha value is -10.4. The highest BCUT2D eigenvalue weighted by Gasteiger charge is 2.96. The van der Waals surface area contributed by atoms with Gasteiger partial charge < -0.3 is 63.9 Å². The molecule has 2 heterocycles. The van der Waals surface area contributed by atoms with E-state index in [1.807, 2.05) is 0 Å². The van der Waals surface area contributed by atoms with Crippen molar-refractivity contribution in [2.75, 3.05) is 20.3 Å². The Bertz CT molecular complexity index is 4260. The van der Waals surface area contributed by atoms with Crippen molar-refractivity contribution in [2.45, 2.75) is 95.2 Å². The second-order valence-corrected chi connectivity index (χ2v) is 24.0. The van der Waals surface area contributed by atoms with Crippen LogP contribution in [0.4, 0.5) is 0 Å². The highest BCUT2D eigenvalue weighted by Crippen LogP contribution is 2.82. The molecule has 2 amide bonds. The zero-order chi connectivity index (χ0) is 66.6. The number of hydrogen-bond acceptors (Lipinski definition) is 20. The van der Waals surface area contributed by atoms with Gasteiger partial charge >= 0.3 is 35.8 Å². The molecule has 23 nitrogen and oxygen atoms in total. The van der Waals surface area contributed by atoms with Crippen molar-refractivity contribution >= 4 is 64.4 Å². The number of phenolic OH excluding ortho intramolecular Hbond substituents is 1. The van der Waals surface area contributed by atoms with E-state index in [0.29, 0.717) is 22.1 Å². The number of aromatic carboxylic acids is 1. The van der Waals surface area contributed by atoms with Crippen LogP contribution in [0.15, 0.2) is 166 Å². The molecule has 4 aliphatic carbocycles. The van der Waals surface area contributed by atoms with E-state index in [1.54, 1.807) is 66.7 Å². The second kappa shape index (κ2) is 24.7. The normalized spacial score (nSPS) is 25.5. The second-order valence-electron chi connectivity index (χ2n) is 24.0. The van der Waals surface area contributed by atoms with Gasteiger partial charge in [0.25, 0.3) is 11.8 Å². The Kier molecular flexibility index (Phi) is 17.0. The molecule has 6 N–H and O–H groups in total. The SMILES string of the molecule is COC(=O)[C@H]1C(=O)[C@]2(C)[C@@H](OC(=O)[C@H](C)NC(=O)c3ccc(-c4c5ccc(=O)cc-5oc5cc(O)ccc45)c(C(=O)O)c3)C[C@H](COC(C)=O)OC[C@H]2[C@@]2(OC(=O)c3ccccc3)[C@]3(O)C[C@H](OC(=O)[C@H](O)[C@@H](NC(=O)c4ccccc4)c4ccccc4)C(C)=C1[C@@]32C. The fourth-order valence-corrected chi connectivity index (χ4v) is 14.2. The number of methoxy groups -OCH3 is 1. The summed E-state index contributed by atoms with van der Waals surface area (Å²) in [5.41, 5.74) is -9.07. The molecular weight excluding hydrogens is 1200 g/mol. The number of aliphatic hydroxyl groups excluding tert-OH is 1. The summed E-state index contributed by atoms with van der Waals surface area (Å²) in [5, 5.41) is 52.4. The van der Waals surface area contributed by atoms with Crippen LogP contribution in [0.25, 0.3) is 33.4 Å². The fraction of sp³-hybridized carbons (Fsp3) is 0.314. The predicted molar refractivity (Wildman–Crippen MR) is 327 cm³/mol. The summed E-state index contributed by atoms with van der Waals surface area (Å²) in [6.07, 6.45) is -7.84. The number of Topliss-reactive ketones (excluding diaryl/α,β-unsaturated/α-hetero) is 1. The Balaban J connectivity index is 0.969. The molecule has 1 saturated heterocycles. The van der Waals surface area contributed by atoms with Gasteiger partial charge in [0.1, 0.15) is 53.5 Å². The van der Waals surface area contributed by atoms with Gasteiger partial charge in [-0.15, -0.1) is 0 Å². The molecule has 12 atom stereocenters. The Morgan fingerprint density at radius 3 is 2.05 bits per heavy atom. The van der Waals surface area contributed by atoms with Gasteiger partial charge in [-0.25, -0.2) is 19.2 Å². The smallest absolute Gasteiger partial charge is 0.338 e. The van der Waals surface area contributed by atoms with E-state index in [2.05, 4.69) is 10.6 Å². The molecule has 0 spiro atoms. The molecule has 480 valence electrons. The largest absolute Gasteiger partial charge is 0.508 e. The third-order valence-corrected chi connectivity index (χ3v) is 18.9. The van der Waals surface area contributed by atoms with E-state index in [0.717, 1.165) is 20.1 Å². The maximum Gasteiger partial charge on any atom is 0.338 e. The first-order valence-electron chi connectivity index (χ1n) is 29.8. The highest BCUT2D eigenvalue weighted by atomic mass is 16.6. The van der Waals surface area contributed by atoms with Gasteiger partial charge in [-0.3, -0.25) is 28.8 Å². The van der Waals surface area contributed by atoms with Crippen LogP contribution in [-0.4, -0.2) is 136 Å². The molecule has 93 heavy (non-hydrogen) atoms. The number of phenols is 1. The van der Waals surface area contributed by atoms with E-state index in [1.165, 1.54) is 100 Å². The zero-order valence-corrected chi connectivity index (χ0v) is 51.0. The lowest BCUT2D eigenvalue weighted by molar-refractivity contribution is -0.176. The van der Waals surface area contributed by atoms with Gasteiger partial charge in [0.05, 0.1) is 47.8 Å². The van der Waals surface area contributed by atoms with Crippen LogP contribution in [0.3, 0.4) is 0 Å². The number of nitrogens with one attached hydrogen (secondary N) is 2. The van der Waals surface area contributed by atoms with E-state index in [4.69, 9.17) is 32.8 Å². The molecule has 0 unspecified atom stereocenters. The number of aliphatic hydroxyl groups is 2. The third kappa shape index (κ3) is 10.9. The molecule has 2 saturated carbocycles. The predicted octanol–water partition coefficient (Wildman–Crippen LogP) is 6.86. The maximum absolute atomic E-state index is 16.4. The number of ether oxygens (including phenoxy) is 6. The maximum atomic E-state index is 16.4. The topological polar surface area (TPSA) is 344 Å². The van der Waals surface area contributed by atoms with Crippen LogP contribution in [0.5, 0.6) is 5.75 Å². The molecule has 0 radical (unpaired) electrons. The van der Waals surface area contributed by atoms with Gasteiger partial charge in [-0.2, -0.15) is 0 Å². The van der Waals surface area contributed by atoms with Crippen molar-refractivity contribution in [1.29, 1.82) is 0 Å². The molecule has 5 aromatic carbocycles. The van der Waals surface area contributed by atoms with Gasteiger partial charge in [-0.1, -0.05) is 72.8 Å². The van der Waals surface area contributed by atoms with E-state index < -0.39 is 155 Å². The monoisotopic (exact) mass is 1270 g/mol. The lowest BCUT2D eigenvalue weighted by Crippen LogP contribution is -2.59. The van der Waals surface area contributed by atoms with E-state index >= 15 is 4.79 Å². The number of fused-ring (bicyclic) bond motifs is 5. The number of carboxylic acids is 1. The zero-order valence-electron chi connectivity index (χ0n) is 51.0. The number of ketones is 1. The van der Waals surface area contributed by atoms with Gasteiger partial charge in [-0.05, 0) is 111 Å². The number of aromatic hydroxyl groups is 1. The summed E-state index contributed by atoms with van der Waals surface area (Å²) in [6, 6.07) is 32.5. The standard InChI is InChI=1S/C70H64N2O21/c1-35-51(91-66(85)58(76)57(38-16-10-7-11-17-38)72-60(78)39-18-12-8-13-19-39)32-69(86)68(5)56(35)55(65(84)87-6)59(77)67(4)52(70(68,69)93-64(83)40-20-14-9-15-21-40)34-89-44(33-88-37(3)73)31-53(67)92-63(82)36(2)71-61(79)41-22-25-45(48(28-41)62(80)81)54-46-26-23-42(74)29-49(46)90-50-30-43(75)24-27-47(50)54/h7-30,36,44,51-53,55,57-58,74,76,86H,31-34H2,1-6H3,(H,71,79)(H,72,78)(H,80,81)/t36-,44+,51-,52+,53-,55+,57-,58+,67-,68-,69-,70-/m0/s1. The number of hydrogen-bond donors (Lipinski definition) is 6. The number of benzene rings is 6. The summed E-state index contributed by atoms with van der Waals surface area (Å²) < 4.78 is 42.5. The lowest BCUT2D eigenvalue weighted by Gasteiger charge is -2.45. The fourth-order valence-electron chi connectivity index (χ4n) is 14.2. The Labute approximate surface area is 530 Å². The Morgan fingerprint density at radius 1 is 0.753 bits per heavy atom. The van der Waals surface area contributed by atoms with Gasteiger partial charge in [0.15, 0.2) is 22.9 Å². The molecule has 0 aromatic heterocycles. The number of esters is 5. The van der Waals surface area contributed by atoms with Gasteiger partial charge in [0.2, 0.25) is 0 Å². The first-order valence-corrected chi connectivity index (χ1v) is 29.8. The highest BCUT2D eigenvalue weighted by molar-refractivity contribution is 6.10. The van der Waals surface area contributed by atoms with E-state index in [9.17, 15) is 63.6 Å². The van der Waals surface area contributed by atoms with Crippen LogP contribution in [0.1, 0.15) is 100 Å². The lowest BCUT2D eigenvalue weighted by atomic mass is 9.62. The number of carboxylic acid groups (broad SMARTS) is 1. The van der Waals surface area contributed by atoms with Crippen molar-refractivity contribution in [1.82, 2.24) is 10.6 Å². The van der Waals surface area contributed by atoms with Crippen LogP contribution >= 0.6 is 0 Å². The average molecular weight is 1270 g/mol. The third-order valence-electron chi connectivity index (χ3n) is 18.9. The van der Waals surface area contributed by atoms with Crippen LogP contribution in [0, 0.1) is 22.7 Å². The number of rotatable bonds is 17. The Morgan fingerprint density at radius 2 is 1.40 bits per heavy atom. The first-order chi connectivity index (χ1) is 44.3. The molecule has 0 bridgehead atoms. The molecule has 6 aliphatic rings. The average Bonchev–Trinajstić information content (AvgIpc) is 1.43. The summed E-state index contributed by atoms with van der Waals surface area (Å²) in [5.74, 6) is -13.4. The van der Waals surface area contributed by atoms with Gasteiger partial charge in [0, 0.05) is 65.5 Å². The minimum atomic E-state index is -2.45. The number of carbonyl (C=O) groups excluding carboxylic acids is 8. The van der Waals surface area contributed by atoms with Crippen molar-refractivity contribution in [3.05, 3.63) is 195 Å². The van der Waals surface area contributed by atoms with Crippen LogP contribution in [0.2, 0.25) is 0 Å². The molecular formula is C70H64N2O21. The van der Waals surface area contributed by atoms with Crippen molar-refractivity contribution < 1.29 is 96.4 Å². The molecule has 11 rings (SSSR count). The number of carbonyl (C=O) groups is 9. The quantitative estimate of drug-likeness (QED) is 0.0178. The van der Waals surface area contributed by atoms with Crippen LogP contribution < -0.4 is 16.1 Å². The molecule has 5 aromatic rings. The summed E-state index contributed by atoms with van der Waals surface area (Å²) >= 11 is 0. The molecule has 2 aliphatic heterocycles. The van der Waals surface area contributed by atoms with Crippen molar-refractivity contribution in [3.8, 4) is 28.2 Å². The summed E-state index contributed by atoms with van der Waals surface area (Å²) in [7, 11) is 1.00. The summed E-state index contributed by atoms with van der Waals surface area (Å²) in [4.78, 5) is 142. The van der Waals surface area contributed by atoms with Crippen molar-refractivity contribution in [2.24, 2.45) is 22.7 Å². The molecule has 3 fully saturated rings. The van der Waals surface area contributed by atoms with Crippen molar-refractivity contribution in [3.63, 3.8) is 0 Å². The minimum absolute atomic E-state index is 0.00508. The van der Waals surface area contributed by atoms with E-state index in [-0.39, 0.29) is 56.1 Å².